The lowest BCUT2D eigenvalue weighted by Gasteiger charge is -2.22. The van der Waals surface area contributed by atoms with E-state index in [0.717, 1.165) is 45.1 Å². The van der Waals surface area contributed by atoms with Gasteiger partial charge in [-0.15, -0.1) is 11.8 Å². The maximum atomic E-state index is 12.5. The number of benzene rings is 2. The SMILES string of the molecule is N#Cc1c2c(c(SCc3ccccc3Cl)[nH]c1=O)CCc1ccccc1-2. The number of pyridine rings is 1. The molecule has 0 radical (unpaired) electrons. The molecule has 0 fully saturated rings. The first kappa shape index (κ1) is 17.0. The first-order valence-electron chi connectivity index (χ1n) is 8.32. The fourth-order valence-corrected chi connectivity index (χ4v) is 4.77. The quantitative estimate of drug-likeness (QED) is 0.655. The fourth-order valence-electron chi connectivity index (χ4n) is 3.39. The predicted molar refractivity (Wildman–Crippen MR) is 106 cm³/mol. The van der Waals surface area contributed by atoms with E-state index in [9.17, 15) is 10.1 Å². The molecule has 0 unspecified atom stereocenters. The Morgan fingerprint density at radius 3 is 2.69 bits per heavy atom. The third-order valence-electron chi connectivity index (χ3n) is 4.65. The Bertz CT molecular complexity index is 1100. The zero-order valence-electron chi connectivity index (χ0n) is 13.9. The van der Waals surface area contributed by atoms with Crippen molar-refractivity contribution < 1.29 is 0 Å². The van der Waals surface area contributed by atoms with Gasteiger partial charge in [0.2, 0.25) is 0 Å². The van der Waals surface area contributed by atoms with Crippen molar-refractivity contribution in [2.75, 3.05) is 0 Å². The van der Waals surface area contributed by atoms with Gasteiger partial charge in [0.25, 0.3) is 5.56 Å². The number of halogens is 1. The topological polar surface area (TPSA) is 56.6 Å². The maximum Gasteiger partial charge on any atom is 0.267 e. The van der Waals surface area contributed by atoms with Gasteiger partial charge >= 0.3 is 0 Å². The van der Waals surface area contributed by atoms with Gasteiger partial charge in [-0.05, 0) is 41.2 Å². The Hall–Kier alpha value is -2.48. The van der Waals surface area contributed by atoms with Gasteiger partial charge in [-0.1, -0.05) is 54.1 Å². The van der Waals surface area contributed by atoms with Gasteiger partial charge in [0.05, 0.1) is 5.03 Å². The Morgan fingerprint density at radius 2 is 1.88 bits per heavy atom. The minimum absolute atomic E-state index is 0.203. The van der Waals surface area contributed by atoms with Crippen molar-refractivity contribution in [3.63, 3.8) is 0 Å². The first-order chi connectivity index (χ1) is 12.7. The van der Waals surface area contributed by atoms with Crippen LogP contribution >= 0.6 is 23.4 Å². The second-order valence-corrected chi connectivity index (χ2v) is 7.55. The Kier molecular flexibility index (Phi) is 4.58. The lowest BCUT2D eigenvalue weighted by molar-refractivity contribution is 0.874. The van der Waals surface area contributed by atoms with Gasteiger partial charge in [0, 0.05) is 16.3 Å². The zero-order chi connectivity index (χ0) is 18.1. The van der Waals surface area contributed by atoms with E-state index in [1.807, 2.05) is 42.5 Å². The Balaban J connectivity index is 1.81. The van der Waals surface area contributed by atoms with E-state index in [0.29, 0.717) is 5.75 Å². The molecule has 0 amide bonds. The van der Waals surface area contributed by atoms with Gasteiger partial charge < -0.3 is 4.98 Å². The van der Waals surface area contributed by atoms with Gasteiger partial charge in [-0.2, -0.15) is 5.26 Å². The maximum absolute atomic E-state index is 12.5. The minimum Gasteiger partial charge on any atom is -0.316 e. The van der Waals surface area contributed by atoms with Crippen molar-refractivity contribution in [3.05, 3.63) is 86.2 Å². The molecule has 5 heteroatoms. The molecule has 0 aliphatic heterocycles. The summed E-state index contributed by atoms with van der Waals surface area (Å²) in [7, 11) is 0. The lowest BCUT2D eigenvalue weighted by atomic mass is 9.84. The second-order valence-electron chi connectivity index (χ2n) is 6.16. The number of nitriles is 1. The molecule has 0 saturated carbocycles. The van der Waals surface area contributed by atoms with Gasteiger partial charge in [-0.3, -0.25) is 4.79 Å². The fraction of sp³-hybridized carbons (Fsp3) is 0.143. The van der Waals surface area contributed by atoms with Crippen LogP contribution < -0.4 is 5.56 Å². The average Bonchev–Trinajstić information content (AvgIpc) is 2.67. The average molecular weight is 379 g/mol. The van der Waals surface area contributed by atoms with E-state index < -0.39 is 0 Å². The summed E-state index contributed by atoms with van der Waals surface area (Å²) in [6, 6.07) is 17.8. The molecule has 2 aromatic carbocycles. The minimum atomic E-state index is -0.329. The molecule has 3 aromatic rings. The molecule has 1 aliphatic rings. The van der Waals surface area contributed by atoms with Crippen molar-refractivity contribution in [1.29, 1.82) is 5.26 Å². The monoisotopic (exact) mass is 378 g/mol. The molecular weight excluding hydrogens is 364 g/mol. The number of rotatable bonds is 3. The predicted octanol–water partition coefficient (Wildman–Crippen LogP) is 4.96. The highest BCUT2D eigenvalue weighted by Crippen LogP contribution is 2.39. The molecule has 0 bridgehead atoms. The number of hydrogen-bond acceptors (Lipinski definition) is 3. The number of thioether (sulfide) groups is 1. The van der Waals surface area contributed by atoms with E-state index >= 15 is 0 Å². The van der Waals surface area contributed by atoms with Crippen LogP contribution in [0, 0.1) is 11.3 Å². The highest BCUT2D eigenvalue weighted by atomic mass is 35.5. The standard InChI is InChI=1S/C21H15ClN2OS/c22-18-8-4-2-6-14(18)12-26-21-16-10-9-13-5-1-3-7-15(13)19(16)17(11-23)20(25)24-21/h1-8H,9-10,12H2,(H,24,25). The van der Waals surface area contributed by atoms with Crippen molar-refractivity contribution in [2.24, 2.45) is 0 Å². The van der Waals surface area contributed by atoms with Crippen LogP contribution in [0.15, 0.2) is 58.4 Å². The van der Waals surface area contributed by atoms with Crippen molar-refractivity contribution in [2.45, 2.75) is 23.6 Å². The number of hydrogen-bond donors (Lipinski definition) is 1. The third kappa shape index (κ3) is 2.94. The second kappa shape index (κ2) is 7.03. The van der Waals surface area contributed by atoms with Crippen molar-refractivity contribution in [3.8, 4) is 17.2 Å². The smallest absolute Gasteiger partial charge is 0.267 e. The van der Waals surface area contributed by atoms with Crippen LogP contribution in [-0.4, -0.2) is 4.98 Å². The largest absolute Gasteiger partial charge is 0.316 e. The van der Waals surface area contributed by atoms with Crippen LogP contribution in [0.1, 0.15) is 22.3 Å². The summed E-state index contributed by atoms with van der Waals surface area (Å²) >= 11 is 7.81. The van der Waals surface area contributed by atoms with E-state index in [-0.39, 0.29) is 11.1 Å². The summed E-state index contributed by atoms with van der Waals surface area (Å²) in [6.07, 6.45) is 1.71. The molecule has 0 atom stereocenters. The number of fused-ring (bicyclic) bond motifs is 3. The van der Waals surface area contributed by atoms with Crippen LogP contribution in [-0.2, 0) is 18.6 Å². The summed E-state index contributed by atoms with van der Waals surface area (Å²) < 4.78 is 0. The molecular formula is C21H15ClN2OS. The molecule has 4 rings (SSSR count). The number of H-pyrrole nitrogens is 1. The van der Waals surface area contributed by atoms with Crippen LogP contribution in [0.25, 0.3) is 11.1 Å². The van der Waals surface area contributed by atoms with Crippen LogP contribution in [0.5, 0.6) is 0 Å². The van der Waals surface area contributed by atoms with Gasteiger partial charge in [0.15, 0.2) is 0 Å². The van der Waals surface area contributed by atoms with E-state index in [1.165, 1.54) is 5.56 Å². The first-order valence-corrected chi connectivity index (χ1v) is 9.69. The molecule has 1 heterocycles. The number of nitrogens with one attached hydrogen (secondary N) is 1. The van der Waals surface area contributed by atoms with Crippen molar-refractivity contribution in [1.82, 2.24) is 4.98 Å². The van der Waals surface area contributed by atoms with E-state index in [2.05, 4.69) is 17.1 Å². The molecule has 1 aromatic heterocycles. The van der Waals surface area contributed by atoms with Crippen molar-refractivity contribution >= 4 is 23.4 Å². The number of nitrogens with zero attached hydrogens (tertiary/aromatic N) is 1. The Morgan fingerprint density at radius 1 is 1.12 bits per heavy atom. The number of aromatic amines is 1. The summed E-state index contributed by atoms with van der Waals surface area (Å²) in [4.78, 5) is 15.4. The lowest BCUT2D eigenvalue weighted by Crippen LogP contribution is -2.19. The summed E-state index contributed by atoms with van der Waals surface area (Å²) in [5, 5.41) is 11.1. The van der Waals surface area contributed by atoms with E-state index in [4.69, 9.17) is 11.6 Å². The number of aromatic nitrogens is 1. The normalized spacial score (nSPS) is 12.2. The molecule has 1 N–H and O–H groups in total. The molecule has 26 heavy (non-hydrogen) atoms. The molecule has 128 valence electrons. The zero-order valence-corrected chi connectivity index (χ0v) is 15.5. The summed E-state index contributed by atoms with van der Waals surface area (Å²) in [5.74, 6) is 0.662. The molecule has 3 nitrogen and oxygen atoms in total. The Labute approximate surface area is 160 Å². The molecule has 1 aliphatic carbocycles. The third-order valence-corrected chi connectivity index (χ3v) is 6.11. The highest BCUT2D eigenvalue weighted by Gasteiger charge is 2.24. The van der Waals surface area contributed by atoms with Gasteiger partial charge in [0.1, 0.15) is 11.6 Å². The van der Waals surface area contributed by atoms with E-state index in [1.54, 1.807) is 11.8 Å². The van der Waals surface area contributed by atoms with Gasteiger partial charge in [-0.25, -0.2) is 0 Å². The number of aryl methyl sites for hydroxylation is 1. The molecule has 0 spiro atoms. The summed E-state index contributed by atoms with van der Waals surface area (Å²) in [5.41, 5.74) is 4.92. The van der Waals surface area contributed by atoms with Crippen LogP contribution in [0.3, 0.4) is 0 Å². The summed E-state index contributed by atoms with van der Waals surface area (Å²) in [6.45, 7) is 0. The highest BCUT2D eigenvalue weighted by molar-refractivity contribution is 7.98. The molecule has 0 saturated heterocycles. The van der Waals surface area contributed by atoms with Crippen LogP contribution in [0.4, 0.5) is 0 Å². The van der Waals surface area contributed by atoms with Crippen LogP contribution in [0.2, 0.25) is 5.02 Å².